The fourth-order valence-corrected chi connectivity index (χ4v) is 5.13. The molecule has 0 amide bonds. The maximum atomic E-state index is 10.2. The third-order valence-electron chi connectivity index (χ3n) is 6.79. The Morgan fingerprint density at radius 2 is 1.85 bits per heavy atom. The molecule has 4 heteroatoms. The Labute approximate surface area is 201 Å². The molecule has 0 bridgehead atoms. The van der Waals surface area contributed by atoms with Crippen LogP contribution in [-0.2, 0) is 13.0 Å². The number of hydrogen-bond acceptors (Lipinski definition) is 3. The molecule has 0 unspecified atom stereocenters. The average molecular weight is 452 g/mol. The van der Waals surface area contributed by atoms with Crippen LogP contribution >= 0.6 is 0 Å². The smallest absolute Gasteiger partial charge is 0.115 e. The van der Waals surface area contributed by atoms with Crippen LogP contribution in [0.15, 0.2) is 66.9 Å². The number of hydrogen-bond donors (Lipinski definition) is 2. The van der Waals surface area contributed by atoms with Crippen molar-refractivity contribution in [2.75, 3.05) is 13.1 Å². The van der Waals surface area contributed by atoms with Crippen molar-refractivity contribution < 1.29 is 5.11 Å². The Hall–Kier alpha value is -3.37. The summed E-state index contributed by atoms with van der Waals surface area (Å²) < 4.78 is 2.05. The van der Waals surface area contributed by atoms with Gasteiger partial charge in [0.05, 0.1) is 12.1 Å². The number of nitrogens with one attached hydrogen (secondary N) is 1. The van der Waals surface area contributed by atoms with E-state index in [9.17, 15) is 5.11 Å². The summed E-state index contributed by atoms with van der Waals surface area (Å²) in [4.78, 5) is 0. The van der Waals surface area contributed by atoms with Crippen molar-refractivity contribution in [3.8, 4) is 5.75 Å². The molecule has 0 saturated carbocycles. The number of nitrogens with zero attached hydrogens (tertiary/aromatic N) is 2. The number of phenolic OH excluding ortho intramolecular Hbond substituents is 1. The number of rotatable bonds is 7. The molecule has 2 N–H and O–H groups in total. The normalized spacial score (nSPS) is 13.8. The van der Waals surface area contributed by atoms with Crippen molar-refractivity contribution in [1.29, 1.82) is 0 Å². The molecule has 0 spiro atoms. The van der Waals surface area contributed by atoms with Crippen LogP contribution in [0.3, 0.4) is 0 Å². The molecule has 0 atom stereocenters. The second-order valence-corrected chi connectivity index (χ2v) is 9.28. The Bertz CT molecular complexity index is 1350. The number of phenols is 1. The average Bonchev–Trinajstić information content (AvgIpc) is 3.15. The summed E-state index contributed by atoms with van der Waals surface area (Å²) in [6.07, 6.45) is 6.34. The predicted molar refractivity (Wildman–Crippen MR) is 141 cm³/mol. The molecule has 0 radical (unpaired) electrons. The van der Waals surface area contributed by atoms with Gasteiger partial charge in [0.15, 0.2) is 0 Å². The molecule has 1 aliphatic rings. The summed E-state index contributed by atoms with van der Waals surface area (Å²) in [6.45, 7) is 7.21. The number of aromatic hydroxyl groups is 1. The van der Waals surface area contributed by atoms with Gasteiger partial charge in [-0.25, -0.2) is 0 Å². The largest absolute Gasteiger partial charge is 0.508 e. The molecule has 0 saturated heterocycles. The summed E-state index contributed by atoms with van der Waals surface area (Å²) in [5.41, 5.74) is 9.96. The minimum absolute atomic E-state index is 0.339. The fourth-order valence-electron chi connectivity index (χ4n) is 5.13. The van der Waals surface area contributed by atoms with Crippen LogP contribution in [0.1, 0.15) is 54.0 Å². The summed E-state index contributed by atoms with van der Waals surface area (Å²) in [5, 5.41) is 19.6. The third kappa shape index (κ3) is 4.51. The lowest BCUT2D eigenvalue weighted by Crippen LogP contribution is -2.20. The zero-order chi connectivity index (χ0) is 23.5. The maximum absolute atomic E-state index is 10.2. The van der Waals surface area contributed by atoms with Crippen molar-refractivity contribution in [3.63, 3.8) is 0 Å². The Morgan fingerprint density at radius 3 is 2.71 bits per heavy atom. The van der Waals surface area contributed by atoms with Gasteiger partial charge in [-0.15, -0.1) is 0 Å². The lowest BCUT2D eigenvalue weighted by molar-refractivity contribution is 0.474. The SMILES string of the molecule is CCCNCCn1cc2cc(C3=C(c4ccccc4C)CCCc4cc(O)ccc43)ccc2n1. The number of fused-ring (bicyclic) bond motifs is 2. The van der Waals surface area contributed by atoms with Gasteiger partial charge < -0.3 is 10.4 Å². The van der Waals surface area contributed by atoms with E-state index in [0.29, 0.717) is 5.75 Å². The van der Waals surface area contributed by atoms with Crippen LogP contribution in [0.2, 0.25) is 0 Å². The van der Waals surface area contributed by atoms with Crippen LogP contribution in [0.4, 0.5) is 0 Å². The quantitative estimate of drug-likeness (QED) is 0.322. The van der Waals surface area contributed by atoms with E-state index in [4.69, 9.17) is 5.10 Å². The van der Waals surface area contributed by atoms with Crippen molar-refractivity contribution in [1.82, 2.24) is 15.1 Å². The van der Waals surface area contributed by atoms with Crippen molar-refractivity contribution in [2.45, 2.75) is 46.1 Å². The number of aromatic nitrogens is 2. The molecule has 1 aromatic heterocycles. The molecular formula is C30H33N3O. The van der Waals surface area contributed by atoms with E-state index in [1.54, 1.807) is 0 Å². The van der Waals surface area contributed by atoms with E-state index in [2.05, 4.69) is 73.9 Å². The van der Waals surface area contributed by atoms with Gasteiger partial charge in [0.25, 0.3) is 0 Å². The summed E-state index contributed by atoms with van der Waals surface area (Å²) in [7, 11) is 0. The second-order valence-electron chi connectivity index (χ2n) is 9.28. The van der Waals surface area contributed by atoms with Crippen LogP contribution in [0.25, 0.3) is 22.0 Å². The van der Waals surface area contributed by atoms with Crippen LogP contribution in [0, 0.1) is 6.92 Å². The first-order chi connectivity index (χ1) is 16.6. The molecule has 0 aliphatic heterocycles. The molecule has 174 valence electrons. The zero-order valence-electron chi connectivity index (χ0n) is 20.1. The van der Waals surface area contributed by atoms with Gasteiger partial charge in [-0.05, 0) is 102 Å². The summed E-state index contributed by atoms with van der Waals surface area (Å²) in [6, 6.07) is 21.2. The van der Waals surface area contributed by atoms with E-state index in [0.717, 1.165) is 56.2 Å². The third-order valence-corrected chi connectivity index (χ3v) is 6.79. The highest BCUT2D eigenvalue weighted by atomic mass is 16.3. The monoisotopic (exact) mass is 451 g/mol. The lowest BCUT2D eigenvalue weighted by atomic mass is 9.86. The van der Waals surface area contributed by atoms with Gasteiger partial charge in [0.2, 0.25) is 0 Å². The highest BCUT2D eigenvalue weighted by Gasteiger charge is 2.21. The number of benzene rings is 3. The van der Waals surface area contributed by atoms with E-state index >= 15 is 0 Å². The first-order valence-corrected chi connectivity index (χ1v) is 12.4. The molecular weight excluding hydrogens is 418 g/mol. The summed E-state index contributed by atoms with van der Waals surface area (Å²) in [5.74, 6) is 0.339. The number of aryl methyl sites for hydroxylation is 2. The van der Waals surface area contributed by atoms with Gasteiger partial charge in [0, 0.05) is 18.1 Å². The van der Waals surface area contributed by atoms with Gasteiger partial charge >= 0.3 is 0 Å². The lowest BCUT2D eigenvalue weighted by Gasteiger charge is -2.18. The van der Waals surface area contributed by atoms with Crippen LogP contribution in [0.5, 0.6) is 5.75 Å². The van der Waals surface area contributed by atoms with E-state index < -0.39 is 0 Å². The molecule has 4 aromatic rings. The van der Waals surface area contributed by atoms with Crippen LogP contribution in [-0.4, -0.2) is 28.0 Å². The van der Waals surface area contributed by atoms with Gasteiger partial charge in [0.1, 0.15) is 5.75 Å². The Morgan fingerprint density at radius 1 is 0.971 bits per heavy atom. The minimum Gasteiger partial charge on any atom is -0.508 e. The molecule has 1 aliphatic carbocycles. The Balaban J connectivity index is 1.64. The van der Waals surface area contributed by atoms with Crippen LogP contribution < -0.4 is 5.32 Å². The minimum atomic E-state index is 0.339. The zero-order valence-corrected chi connectivity index (χ0v) is 20.1. The standard InChI is InChI=1S/C30H33N3O/c1-3-15-31-16-17-33-20-24-18-23(11-14-29(24)32-33)30-27-13-12-25(34)19-22(27)8-6-10-28(30)26-9-5-4-7-21(26)2/h4-5,7,9,11-14,18-20,31,34H,3,6,8,10,15-17H2,1-2H3. The molecule has 3 aromatic carbocycles. The highest BCUT2D eigenvalue weighted by Crippen LogP contribution is 2.41. The molecule has 1 heterocycles. The first kappa shape index (κ1) is 22.4. The second kappa shape index (κ2) is 9.86. The Kier molecular flexibility index (Phi) is 6.50. The molecule has 4 nitrogen and oxygen atoms in total. The predicted octanol–water partition coefficient (Wildman–Crippen LogP) is 6.35. The van der Waals surface area contributed by atoms with E-state index in [-0.39, 0.29) is 0 Å². The molecule has 0 fully saturated rings. The van der Waals surface area contributed by atoms with Gasteiger partial charge in [-0.1, -0.05) is 43.3 Å². The number of allylic oxidation sites excluding steroid dienone is 1. The fraction of sp³-hybridized carbons (Fsp3) is 0.300. The first-order valence-electron chi connectivity index (χ1n) is 12.4. The van der Waals surface area contributed by atoms with E-state index in [1.807, 2.05) is 16.8 Å². The topological polar surface area (TPSA) is 50.1 Å². The van der Waals surface area contributed by atoms with Crippen molar-refractivity contribution in [3.05, 3.63) is 94.7 Å². The van der Waals surface area contributed by atoms with E-state index in [1.165, 1.54) is 39.0 Å². The summed E-state index contributed by atoms with van der Waals surface area (Å²) >= 11 is 0. The molecule has 5 rings (SSSR count). The highest BCUT2D eigenvalue weighted by molar-refractivity contribution is 6.02. The van der Waals surface area contributed by atoms with Crippen molar-refractivity contribution in [2.24, 2.45) is 0 Å². The van der Waals surface area contributed by atoms with Gasteiger partial charge in [-0.3, -0.25) is 4.68 Å². The molecule has 34 heavy (non-hydrogen) atoms. The van der Waals surface area contributed by atoms with Gasteiger partial charge in [-0.2, -0.15) is 5.10 Å². The van der Waals surface area contributed by atoms with Crippen molar-refractivity contribution >= 4 is 22.0 Å². The maximum Gasteiger partial charge on any atom is 0.115 e.